The predicted octanol–water partition coefficient (Wildman–Crippen LogP) is 3.20. The zero-order valence-corrected chi connectivity index (χ0v) is 14.4. The van der Waals surface area contributed by atoms with Crippen LogP contribution < -0.4 is 4.72 Å². The molecule has 4 nitrogen and oxygen atoms in total. The number of sulfonamides is 1. The second-order valence-corrected chi connectivity index (χ2v) is 8.18. The van der Waals surface area contributed by atoms with E-state index in [0.29, 0.717) is 10.9 Å². The first kappa shape index (κ1) is 16.5. The second kappa shape index (κ2) is 6.50. The summed E-state index contributed by atoms with van der Waals surface area (Å²) in [5, 5.41) is 9.39. The Morgan fingerprint density at radius 1 is 1.30 bits per heavy atom. The Kier molecular flexibility index (Phi) is 5.37. The molecular formula is C12H14BrCl2NO3S. The van der Waals surface area contributed by atoms with Gasteiger partial charge in [-0.3, -0.25) is 0 Å². The molecule has 0 aromatic heterocycles. The van der Waals surface area contributed by atoms with E-state index in [1.54, 1.807) is 0 Å². The number of hydrogen-bond donors (Lipinski definition) is 2. The van der Waals surface area contributed by atoms with Gasteiger partial charge in [-0.05, 0) is 30.9 Å². The molecule has 20 heavy (non-hydrogen) atoms. The number of halogens is 3. The third-order valence-corrected chi connectivity index (χ3v) is 6.30. The van der Waals surface area contributed by atoms with Crippen LogP contribution in [0.25, 0.3) is 0 Å². The minimum Gasteiger partial charge on any atom is -0.396 e. The molecule has 1 aromatic carbocycles. The molecule has 1 aromatic rings. The first-order valence-electron chi connectivity index (χ1n) is 6.13. The molecule has 1 aliphatic rings. The van der Waals surface area contributed by atoms with Gasteiger partial charge < -0.3 is 5.11 Å². The number of rotatable bonds is 4. The van der Waals surface area contributed by atoms with Crippen LogP contribution in [0.4, 0.5) is 0 Å². The molecule has 112 valence electrons. The van der Waals surface area contributed by atoms with E-state index in [1.807, 2.05) is 0 Å². The molecule has 1 aliphatic carbocycles. The van der Waals surface area contributed by atoms with Crippen molar-refractivity contribution < 1.29 is 13.5 Å². The Morgan fingerprint density at radius 3 is 2.45 bits per heavy atom. The van der Waals surface area contributed by atoms with Gasteiger partial charge in [-0.2, -0.15) is 0 Å². The average molecular weight is 403 g/mol. The number of aliphatic hydroxyl groups is 1. The lowest BCUT2D eigenvalue weighted by molar-refractivity contribution is 0.213. The van der Waals surface area contributed by atoms with Gasteiger partial charge in [-0.15, -0.1) is 0 Å². The van der Waals surface area contributed by atoms with Gasteiger partial charge in [0, 0.05) is 17.1 Å². The molecule has 2 atom stereocenters. The largest absolute Gasteiger partial charge is 0.396 e. The molecule has 0 heterocycles. The third-order valence-electron chi connectivity index (χ3n) is 3.43. The molecule has 0 amide bonds. The highest BCUT2D eigenvalue weighted by Gasteiger charge is 2.32. The highest BCUT2D eigenvalue weighted by atomic mass is 79.9. The lowest BCUT2D eigenvalue weighted by atomic mass is 10.1. The van der Waals surface area contributed by atoms with Gasteiger partial charge >= 0.3 is 0 Å². The Bertz CT molecular complexity index is 586. The lowest BCUT2D eigenvalue weighted by Crippen LogP contribution is -2.38. The molecule has 0 aliphatic heterocycles. The van der Waals surface area contributed by atoms with Crippen molar-refractivity contribution in [3.8, 4) is 0 Å². The van der Waals surface area contributed by atoms with Crippen LogP contribution in [0.3, 0.4) is 0 Å². The summed E-state index contributed by atoms with van der Waals surface area (Å²) in [5.41, 5.74) is 0. The van der Waals surface area contributed by atoms with Crippen molar-refractivity contribution in [2.75, 3.05) is 6.61 Å². The summed E-state index contributed by atoms with van der Waals surface area (Å²) in [4.78, 5) is -0.118. The Labute approximate surface area is 136 Å². The maximum absolute atomic E-state index is 12.4. The van der Waals surface area contributed by atoms with Gasteiger partial charge in [0.15, 0.2) is 0 Å². The van der Waals surface area contributed by atoms with Crippen LogP contribution in [0.5, 0.6) is 0 Å². The van der Waals surface area contributed by atoms with E-state index in [0.717, 1.165) is 12.8 Å². The molecular weight excluding hydrogens is 389 g/mol. The number of benzene rings is 1. The standard InChI is InChI=1S/C12H14BrCl2NO3S/c13-8-4-9(14)12(10(15)5-8)20(18,19)16-11-3-1-2-7(11)6-17/h4-5,7,11,16-17H,1-3,6H2. The van der Waals surface area contributed by atoms with E-state index in [9.17, 15) is 13.5 Å². The van der Waals surface area contributed by atoms with Gasteiger partial charge in [0.25, 0.3) is 0 Å². The highest BCUT2D eigenvalue weighted by Crippen LogP contribution is 2.34. The van der Waals surface area contributed by atoms with Crippen LogP contribution in [-0.4, -0.2) is 26.2 Å². The van der Waals surface area contributed by atoms with Crippen LogP contribution in [0.1, 0.15) is 19.3 Å². The molecule has 0 spiro atoms. The third kappa shape index (κ3) is 3.48. The maximum atomic E-state index is 12.4. The van der Waals surface area contributed by atoms with Crippen molar-refractivity contribution in [2.45, 2.75) is 30.2 Å². The monoisotopic (exact) mass is 401 g/mol. The van der Waals surface area contributed by atoms with Crippen molar-refractivity contribution in [1.29, 1.82) is 0 Å². The summed E-state index contributed by atoms with van der Waals surface area (Å²) < 4.78 is 28.1. The predicted molar refractivity (Wildman–Crippen MR) is 82.7 cm³/mol. The normalized spacial score (nSPS) is 23.2. The van der Waals surface area contributed by atoms with Gasteiger partial charge in [-0.25, -0.2) is 13.1 Å². The molecule has 2 rings (SSSR count). The fourth-order valence-corrected chi connectivity index (χ4v) is 5.73. The van der Waals surface area contributed by atoms with Crippen LogP contribution in [0.15, 0.2) is 21.5 Å². The second-order valence-electron chi connectivity index (χ2n) is 4.80. The first-order valence-corrected chi connectivity index (χ1v) is 9.16. The molecule has 0 radical (unpaired) electrons. The molecule has 2 N–H and O–H groups in total. The smallest absolute Gasteiger partial charge is 0.243 e. The Balaban J connectivity index is 2.32. The van der Waals surface area contributed by atoms with Crippen molar-refractivity contribution in [3.63, 3.8) is 0 Å². The first-order chi connectivity index (χ1) is 9.35. The minimum absolute atomic E-state index is 0.0327. The average Bonchev–Trinajstić information content (AvgIpc) is 2.73. The van der Waals surface area contributed by atoms with E-state index < -0.39 is 10.0 Å². The van der Waals surface area contributed by atoms with Gasteiger partial charge in [0.05, 0.1) is 10.0 Å². The van der Waals surface area contributed by atoms with Crippen LogP contribution >= 0.6 is 39.1 Å². The minimum atomic E-state index is -3.81. The molecule has 8 heteroatoms. The summed E-state index contributed by atoms with van der Waals surface area (Å²) >= 11 is 15.2. The van der Waals surface area contributed by atoms with E-state index in [-0.39, 0.29) is 33.5 Å². The van der Waals surface area contributed by atoms with E-state index in [1.165, 1.54) is 12.1 Å². The summed E-state index contributed by atoms with van der Waals surface area (Å²) in [6, 6.07) is 2.70. The summed E-state index contributed by atoms with van der Waals surface area (Å²) in [6.45, 7) is -0.0327. The SMILES string of the molecule is O=S(=O)(NC1CCCC1CO)c1c(Cl)cc(Br)cc1Cl. The molecule has 1 saturated carbocycles. The van der Waals surface area contributed by atoms with Crippen molar-refractivity contribution in [3.05, 3.63) is 26.7 Å². The summed E-state index contributed by atoms with van der Waals surface area (Å²) in [5.74, 6) is -0.0576. The van der Waals surface area contributed by atoms with Crippen LogP contribution in [0, 0.1) is 5.92 Å². The van der Waals surface area contributed by atoms with Crippen molar-refractivity contribution in [1.82, 2.24) is 4.72 Å². The van der Waals surface area contributed by atoms with Gasteiger partial charge in [0.2, 0.25) is 10.0 Å². The zero-order valence-electron chi connectivity index (χ0n) is 10.4. The molecule has 1 fully saturated rings. The number of hydrogen-bond acceptors (Lipinski definition) is 3. The van der Waals surface area contributed by atoms with E-state index in [2.05, 4.69) is 20.7 Å². The highest BCUT2D eigenvalue weighted by molar-refractivity contribution is 9.10. The number of aliphatic hydroxyl groups excluding tert-OH is 1. The zero-order chi connectivity index (χ0) is 14.9. The van der Waals surface area contributed by atoms with Crippen molar-refractivity contribution >= 4 is 49.2 Å². The van der Waals surface area contributed by atoms with E-state index >= 15 is 0 Å². The maximum Gasteiger partial charge on any atom is 0.243 e. The van der Waals surface area contributed by atoms with Gasteiger partial charge in [0.1, 0.15) is 4.90 Å². The van der Waals surface area contributed by atoms with Crippen LogP contribution in [-0.2, 0) is 10.0 Å². The van der Waals surface area contributed by atoms with E-state index in [4.69, 9.17) is 23.2 Å². The number of nitrogens with one attached hydrogen (secondary N) is 1. The van der Waals surface area contributed by atoms with Gasteiger partial charge in [-0.1, -0.05) is 45.6 Å². The quantitative estimate of drug-likeness (QED) is 0.812. The molecule has 0 bridgehead atoms. The molecule has 2 unspecified atom stereocenters. The molecule has 0 saturated heterocycles. The van der Waals surface area contributed by atoms with Crippen molar-refractivity contribution in [2.24, 2.45) is 5.92 Å². The fraction of sp³-hybridized carbons (Fsp3) is 0.500. The Morgan fingerprint density at radius 2 is 1.90 bits per heavy atom. The summed E-state index contributed by atoms with van der Waals surface area (Å²) in [6.07, 6.45) is 2.40. The Hall–Kier alpha value is 0.150. The lowest BCUT2D eigenvalue weighted by Gasteiger charge is -2.20. The van der Waals surface area contributed by atoms with Crippen LogP contribution in [0.2, 0.25) is 10.0 Å². The summed E-state index contributed by atoms with van der Waals surface area (Å²) in [7, 11) is -3.81. The fourth-order valence-electron chi connectivity index (χ4n) is 2.45. The topological polar surface area (TPSA) is 66.4 Å².